The van der Waals surface area contributed by atoms with Gasteiger partial charge in [0, 0.05) is 18.5 Å². The van der Waals surface area contributed by atoms with Gasteiger partial charge in [0.25, 0.3) is 0 Å². The smallest absolute Gasteiger partial charge is 0.0438 e. The van der Waals surface area contributed by atoms with Gasteiger partial charge in [-0.2, -0.15) is 0 Å². The van der Waals surface area contributed by atoms with Crippen molar-refractivity contribution < 1.29 is 0 Å². The second-order valence-corrected chi connectivity index (χ2v) is 6.43. The first kappa shape index (κ1) is 17.1. The van der Waals surface area contributed by atoms with Gasteiger partial charge in [0.15, 0.2) is 0 Å². The molecule has 0 amide bonds. The minimum atomic E-state index is -0.126. The summed E-state index contributed by atoms with van der Waals surface area (Å²) in [6.07, 6.45) is 5.92. The van der Waals surface area contributed by atoms with Crippen molar-refractivity contribution >= 4 is 10.8 Å². The number of hydrogen-bond acceptors (Lipinski definition) is 1. The third kappa shape index (κ3) is 5.13. The molecule has 23 heavy (non-hydrogen) atoms. The van der Waals surface area contributed by atoms with Gasteiger partial charge in [-0.1, -0.05) is 66.5 Å². The monoisotopic (exact) mass is 303 g/mol. The number of nitrogens with zero attached hydrogens (tertiary/aromatic N) is 1. The minimum Gasteiger partial charge on any atom is -0.298 e. The van der Waals surface area contributed by atoms with Crippen LogP contribution in [0.3, 0.4) is 0 Å². The van der Waals surface area contributed by atoms with Gasteiger partial charge in [0.2, 0.25) is 0 Å². The van der Waals surface area contributed by atoms with Crippen molar-refractivity contribution in [2.24, 2.45) is 5.41 Å². The van der Waals surface area contributed by atoms with E-state index in [1.165, 1.54) is 16.3 Å². The van der Waals surface area contributed by atoms with E-state index in [-0.39, 0.29) is 5.41 Å². The van der Waals surface area contributed by atoms with Crippen molar-refractivity contribution in [1.82, 2.24) is 4.90 Å². The van der Waals surface area contributed by atoms with E-state index < -0.39 is 0 Å². The highest BCUT2D eigenvalue weighted by molar-refractivity contribution is 5.85. The lowest BCUT2D eigenvalue weighted by Gasteiger charge is -2.16. The molecule has 0 saturated carbocycles. The highest BCUT2D eigenvalue weighted by Crippen LogP contribution is 2.19. The highest BCUT2D eigenvalue weighted by Gasteiger charge is 2.06. The first-order valence-electron chi connectivity index (χ1n) is 7.98. The topological polar surface area (TPSA) is 3.24 Å². The van der Waals surface area contributed by atoms with Crippen molar-refractivity contribution in [3.63, 3.8) is 0 Å². The SMILES string of the molecule is C=CC(C)(C)C#C/C=C/CN(C)Cc1cccc2ccccc12. The van der Waals surface area contributed by atoms with Crippen molar-refractivity contribution in [3.8, 4) is 11.8 Å². The van der Waals surface area contributed by atoms with E-state index in [2.05, 4.69) is 92.8 Å². The van der Waals surface area contributed by atoms with Crippen LogP contribution in [0, 0.1) is 17.3 Å². The summed E-state index contributed by atoms with van der Waals surface area (Å²) in [5.41, 5.74) is 1.23. The lowest BCUT2D eigenvalue weighted by molar-refractivity contribution is 0.365. The van der Waals surface area contributed by atoms with E-state index in [0.717, 1.165) is 13.1 Å². The zero-order valence-corrected chi connectivity index (χ0v) is 14.3. The normalized spacial score (nSPS) is 11.7. The summed E-state index contributed by atoms with van der Waals surface area (Å²) in [4.78, 5) is 2.29. The first-order valence-corrected chi connectivity index (χ1v) is 7.98. The molecule has 0 unspecified atom stereocenters. The van der Waals surface area contributed by atoms with Crippen LogP contribution >= 0.6 is 0 Å². The Bertz CT molecular complexity index is 751. The van der Waals surface area contributed by atoms with Crippen LogP contribution in [0.4, 0.5) is 0 Å². The third-order valence-electron chi connectivity index (χ3n) is 3.84. The molecular formula is C22H25N. The number of likely N-dealkylation sites (N-methyl/N-ethyl adjacent to an activating group) is 1. The van der Waals surface area contributed by atoms with E-state index in [9.17, 15) is 0 Å². The summed E-state index contributed by atoms with van der Waals surface area (Å²) in [6, 6.07) is 15.0. The van der Waals surface area contributed by atoms with Gasteiger partial charge in [-0.15, -0.1) is 6.58 Å². The number of fused-ring (bicyclic) bond motifs is 1. The largest absolute Gasteiger partial charge is 0.298 e. The maximum absolute atomic E-state index is 3.80. The average Bonchev–Trinajstić information content (AvgIpc) is 2.55. The van der Waals surface area contributed by atoms with Crippen LogP contribution < -0.4 is 0 Å². The van der Waals surface area contributed by atoms with Crippen LogP contribution in [0.5, 0.6) is 0 Å². The Morgan fingerprint density at radius 2 is 1.87 bits per heavy atom. The van der Waals surface area contributed by atoms with Crippen molar-refractivity contribution in [2.45, 2.75) is 20.4 Å². The molecule has 0 atom stereocenters. The van der Waals surface area contributed by atoms with E-state index in [1.54, 1.807) is 0 Å². The Kier molecular flexibility index (Phi) is 5.79. The highest BCUT2D eigenvalue weighted by atomic mass is 15.1. The summed E-state index contributed by atoms with van der Waals surface area (Å²) in [5.74, 6) is 6.28. The van der Waals surface area contributed by atoms with E-state index in [1.807, 2.05) is 12.2 Å². The second kappa shape index (κ2) is 7.81. The number of allylic oxidation sites excluding steroid dienone is 2. The average molecular weight is 303 g/mol. The van der Waals surface area contributed by atoms with Crippen molar-refractivity contribution in [2.75, 3.05) is 13.6 Å². The molecule has 1 heteroatoms. The number of hydrogen-bond donors (Lipinski definition) is 0. The Morgan fingerprint density at radius 1 is 1.13 bits per heavy atom. The molecular weight excluding hydrogens is 278 g/mol. The van der Waals surface area contributed by atoms with Crippen LogP contribution in [0.2, 0.25) is 0 Å². The predicted octanol–water partition coefficient (Wildman–Crippen LogP) is 5.04. The Morgan fingerprint density at radius 3 is 2.65 bits per heavy atom. The summed E-state index contributed by atoms with van der Waals surface area (Å²) in [5, 5.41) is 2.63. The van der Waals surface area contributed by atoms with Crippen LogP contribution in [0.1, 0.15) is 19.4 Å². The molecule has 0 bridgehead atoms. The molecule has 118 valence electrons. The standard InChI is InChI=1S/C22H25N/c1-5-22(2,3)16-9-6-10-17-23(4)18-20-14-11-13-19-12-7-8-15-21(19)20/h5-8,10-15H,1,17-18H2,2-4H3/b10-6+. The molecule has 0 saturated heterocycles. The minimum absolute atomic E-state index is 0.126. The van der Waals surface area contributed by atoms with Crippen LogP contribution in [-0.2, 0) is 6.54 Å². The quantitative estimate of drug-likeness (QED) is 0.552. The van der Waals surface area contributed by atoms with Gasteiger partial charge in [0.05, 0.1) is 0 Å². The van der Waals surface area contributed by atoms with E-state index >= 15 is 0 Å². The van der Waals surface area contributed by atoms with Crippen molar-refractivity contribution in [1.29, 1.82) is 0 Å². The zero-order chi connectivity index (χ0) is 16.7. The fraction of sp³-hybridized carbons (Fsp3) is 0.273. The molecule has 0 aromatic heterocycles. The van der Waals surface area contributed by atoms with Crippen LogP contribution in [0.15, 0.2) is 67.3 Å². The van der Waals surface area contributed by atoms with Gasteiger partial charge in [-0.25, -0.2) is 0 Å². The van der Waals surface area contributed by atoms with Crippen LogP contribution in [0.25, 0.3) is 10.8 Å². The fourth-order valence-corrected chi connectivity index (χ4v) is 2.36. The maximum atomic E-state index is 3.80. The molecule has 0 aliphatic heterocycles. The summed E-state index contributed by atoms with van der Waals surface area (Å²) >= 11 is 0. The maximum Gasteiger partial charge on any atom is 0.0438 e. The van der Waals surface area contributed by atoms with Crippen molar-refractivity contribution in [3.05, 3.63) is 72.8 Å². The molecule has 2 aromatic rings. The number of benzene rings is 2. The second-order valence-electron chi connectivity index (χ2n) is 6.43. The van der Waals surface area contributed by atoms with Gasteiger partial charge >= 0.3 is 0 Å². The summed E-state index contributed by atoms with van der Waals surface area (Å²) in [7, 11) is 2.13. The lowest BCUT2D eigenvalue weighted by Crippen LogP contribution is -2.17. The Balaban J connectivity index is 1.97. The van der Waals surface area contributed by atoms with E-state index in [4.69, 9.17) is 0 Å². The van der Waals surface area contributed by atoms with Gasteiger partial charge in [0.1, 0.15) is 0 Å². The predicted molar refractivity (Wildman–Crippen MR) is 101 cm³/mol. The molecule has 2 rings (SSSR count). The number of rotatable bonds is 5. The van der Waals surface area contributed by atoms with Gasteiger partial charge in [-0.3, -0.25) is 4.90 Å². The molecule has 0 radical (unpaired) electrons. The molecule has 2 aromatic carbocycles. The first-order chi connectivity index (χ1) is 11.0. The lowest BCUT2D eigenvalue weighted by atomic mass is 9.95. The molecule has 0 spiro atoms. The molecule has 0 fully saturated rings. The molecule has 0 N–H and O–H groups in total. The van der Waals surface area contributed by atoms with E-state index in [0.29, 0.717) is 0 Å². The van der Waals surface area contributed by atoms with Gasteiger partial charge in [-0.05, 0) is 43.3 Å². The summed E-state index contributed by atoms with van der Waals surface area (Å²) < 4.78 is 0. The third-order valence-corrected chi connectivity index (χ3v) is 3.84. The zero-order valence-electron chi connectivity index (χ0n) is 14.3. The molecule has 1 nitrogen and oxygen atoms in total. The van der Waals surface area contributed by atoms with Crippen LogP contribution in [-0.4, -0.2) is 18.5 Å². The molecule has 0 aliphatic carbocycles. The Hall–Kier alpha value is -2.30. The molecule has 0 heterocycles. The summed E-state index contributed by atoms with van der Waals surface area (Å²) in [6.45, 7) is 9.73. The molecule has 0 aliphatic rings. The fourth-order valence-electron chi connectivity index (χ4n) is 2.36. The Labute approximate surface area is 140 Å². The van der Waals surface area contributed by atoms with Gasteiger partial charge < -0.3 is 0 Å².